The van der Waals surface area contributed by atoms with Crippen molar-refractivity contribution in [3.05, 3.63) is 12.3 Å². The highest BCUT2D eigenvalue weighted by atomic mass is 16.5. The standard InChI is InChI=1S/C10H16N2O3/c1-2-15-10(14)11-9(13)5-8-12-6-3-4-7-12/h5,8H,2-4,6-7H2,1H3,(H,11,13,14)/b8-5+. The zero-order chi connectivity index (χ0) is 11.1. The second-order valence-corrected chi connectivity index (χ2v) is 3.27. The molecule has 1 N–H and O–H groups in total. The molecule has 0 atom stereocenters. The van der Waals surface area contributed by atoms with E-state index in [2.05, 4.69) is 10.1 Å². The summed E-state index contributed by atoms with van der Waals surface area (Å²) in [4.78, 5) is 24.1. The summed E-state index contributed by atoms with van der Waals surface area (Å²) in [6.45, 7) is 3.89. The van der Waals surface area contributed by atoms with Gasteiger partial charge in [0.05, 0.1) is 6.61 Å². The van der Waals surface area contributed by atoms with Gasteiger partial charge in [-0.3, -0.25) is 10.1 Å². The number of carbonyl (C=O) groups excluding carboxylic acids is 2. The van der Waals surface area contributed by atoms with Crippen LogP contribution in [0, 0.1) is 0 Å². The fourth-order valence-corrected chi connectivity index (χ4v) is 1.37. The molecule has 15 heavy (non-hydrogen) atoms. The Morgan fingerprint density at radius 1 is 1.40 bits per heavy atom. The fraction of sp³-hybridized carbons (Fsp3) is 0.600. The Kier molecular flexibility index (Phi) is 4.66. The van der Waals surface area contributed by atoms with Gasteiger partial charge in [0.25, 0.3) is 5.91 Å². The van der Waals surface area contributed by atoms with E-state index >= 15 is 0 Å². The van der Waals surface area contributed by atoms with Crippen LogP contribution in [-0.4, -0.2) is 36.6 Å². The van der Waals surface area contributed by atoms with Gasteiger partial charge in [-0.15, -0.1) is 0 Å². The van der Waals surface area contributed by atoms with Gasteiger partial charge in [0, 0.05) is 25.4 Å². The van der Waals surface area contributed by atoms with Gasteiger partial charge in [-0.05, 0) is 19.8 Å². The summed E-state index contributed by atoms with van der Waals surface area (Å²) in [7, 11) is 0. The van der Waals surface area contributed by atoms with Crippen molar-refractivity contribution in [3.8, 4) is 0 Å². The molecule has 0 spiro atoms. The first-order chi connectivity index (χ1) is 7.22. The zero-order valence-corrected chi connectivity index (χ0v) is 8.86. The van der Waals surface area contributed by atoms with E-state index in [0.29, 0.717) is 0 Å². The topological polar surface area (TPSA) is 58.6 Å². The van der Waals surface area contributed by atoms with Crippen molar-refractivity contribution in [3.63, 3.8) is 0 Å². The van der Waals surface area contributed by atoms with Gasteiger partial charge in [0.2, 0.25) is 0 Å². The normalized spacial score (nSPS) is 15.7. The molecule has 0 aromatic heterocycles. The number of nitrogens with one attached hydrogen (secondary N) is 1. The Labute approximate surface area is 89.1 Å². The number of carbonyl (C=O) groups is 2. The summed E-state index contributed by atoms with van der Waals surface area (Å²) in [6.07, 6.45) is 4.67. The van der Waals surface area contributed by atoms with Crippen molar-refractivity contribution in [2.45, 2.75) is 19.8 Å². The molecule has 0 saturated carbocycles. The van der Waals surface area contributed by atoms with Crippen LogP contribution >= 0.6 is 0 Å². The highest BCUT2D eigenvalue weighted by Gasteiger charge is 2.08. The predicted octanol–water partition coefficient (Wildman–Crippen LogP) is 0.869. The molecule has 1 aliphatic heterocycles. The van der Waals surface area contributed by atoms with Gasteiger partial charge in [-0.25, -0.2) is 4.79 Å². The summed E-state index contributed by atoms with van der Waals surface area (Å²) in [5, 5.41) is 2.09. The van der Waals surface area contributed by atoms with Crippen LogP contribution < -0.4 is 5.32 Å². The van der Waals surface area contributed by atoms with Crippen LogP contribution in [0.5, 0.6) is 0 Å². The third-order valence-corrected chi connectivity index (χ3v) is 2.08. The molecule has 1 aliphatic rings. The average Bonchev–Trinajstić information content (AvgIpc) is 2.67. The van der Waals surface area contributed by atoms with Crippen molar-refractivity contribution in [2.24, 2.45) is 0 Å². The first-order valence-electron chi connectivity index (χ1n) is 5.12. The lowest BCUT2D eigenvalue weighted by molar-refractivity contribution is -0.115. The summed E-state index contributed by atoms with van der Waals surface area (Å²) >= 11 is 0. The molecule has 5 heteroatoms. The minimum atomic E-state index is -0.700. The van der Waals surface area contributed by atoms with Crippen LogP contribution in [0.25, 0.3) is 0 Å². The minimum Gasteiger partial charge on any atom is -0.450 e. The van der Waals surface area contributed by atoms with Crippen LogP contribution in [0.4, 0.5) is 4.79 Å². The molecule has 0 radical (unpaired) electrons. The maximum atomic E-state index is 11.2. The van der Waals surface area contributed by atoms with Gasteiger partial charge < -0.3 is 9.64 Å². The number of likely N-dealkylation sites (tertiary alicyclic amines) is 1. The summed E-state index contributed by atoms with van der Waals surface area (Å²) in [5.74, 6) is -0.444. The van der Waals surface area contributed by atoms with Gasteiger partial charge in [-0.1, -0.05) is 0 Å². The van der Waals surface area contributed by atoms with E-state index in [9.17, 15) is 9.59 Å². The molecule has 2 amide bonds. The van der Waals surface area contributed by atoms with Gasteiger partial charge in [-0.2, -0.15) is 0 Å². The highest BCUT2D eigenvalue weighted by Crippen LogP contribution is 2.06. The number of ether oxygens (including phenoxy) is 1. The van der Waals surface area contributed by atoms with Gasteiger partial charge in [0.1, 0.15) is 0 Å². The van der Waals surface area contributed by atoms with E-state index in [0.717, 1.165) is 25.9 Å². The van der Waals surface area contributed by atoms with Crippen LogP contribution in [0.2, 0.25) is 0 Å². The van der Waals surface area contributed by atoms with E-state index in [1.807, 2.05) is 4.90 Å². The quantitative estimate of drug-likeness (QED) is 0.705. The van der Waals surface area contributed by atoms with Gasteiger partial charge in [0.15, 0.2) is 0 Å². The molecule has 1 fully saturated rings. The molecule has 0 unspecified atom stereocenters. The predicted molar refractivity (Wildman–Crippen MR) is 55.1 cm³/mol. The van der Waals surface area contributed by atoms with Crippen molar-refractivity contribution >= 4 is 12.0 Å². The Bertz CT molecular complexity index is 257. The lowest BCUT2D eigenvalue weighted by Crippen LogP contribution is -2.29. The van der Waals surface area contributed by atoms with E-state index in [-0.39, 0.29) is 6.61 Å². The Hall–Kier alpha value is -1.52. The number of hydrogen-bond donors (Lipinski definition) is 1. The van der Waals surface area contributed by atoms with Crippen molar-refractivity contribution in [2.75, 3.05) is 19.7 Å². The van der Waals surface area contributed by atoms with Crippen LogP contribution in [0.1, 0.15) is 19.8 Å². The summed E-state index contributed by atoms with van der Waals surface area (Å²) in [6, 6.07) is 0. The summed E-state index contributed by atoms with van der Waals surface area (Å²) < 4.78 is 4.57. The molecule has 1 rings (SSSR count). The number of amides is 2. The van der Waals surface area contributed by atoms with Crippen molar-refractivity contribution in [1.82, 2.24) is 10.2 Å². The van der Waals surface area contributed by atoms with E-state index < -0.39 is 12.0 Å². The third kappa shape index (κ3) is 4.49. The highest BCUT2D eigenvalue weighted by molar-refractivity contribution is 5.98. The third-order valence-electron chi connectivity index (χ3n) is 2.08. The molecule has 0 aromatic rings. The Morgan fingerprint density at radius 2 is 2.07 bits per heavy atom. The molecular formula is C10H16N2O3. The molecule has 0 aliphatic carbocycles. The summed E-state index contributed by atoms with van der Waals surface area (Å²) in [5.41, 5.74) is 0. The maximum Gasteiger partial charge on any atom is 0.414 e. The first-order valence-corrected chi connectivity index (χ1v) is 5.12. The molecule has 1 saturated heterocycles. The maximum absolute atomic E-state index is 11.2. The van der Waals surface area contributed by atoms with E-state index in [1.54, 1.807) is 13.1 Å². The number of alkyl carbamates (subject to hydrolysis) is 1. The zero-order valence-electron chi connectivity index (χ0n) is 8.86. The first kappa shape index (κ1) is 11.6. The number of nitrogens with zero attached hydrogens (tertiary/aromatic N) is 1. The molecule has 5 nitrogen and oxygen atoms in total. The molecule has 0 bridgehead atoms. The number of hydrogen-bond acceptors (Lipinski definition) is 4. The number of rotatable bonds is 3. The molecule has 0 aromatic carbocycles. The second kappa shape index (κ2) is 6.06. The number of imide groups is 1. The molecule has 1 heterocycles. The molecular weight excluding hydrogens is 196 g/mol. The Morgan fingerprint density at radius 3 is 2.67 bits per heavy atom. The largest absolute Gasteiger partial charge is 0.450 e. The minimum absolute atomic E-state index is 0.259. The van der Waals surface area contributed by atoms with E-state index in [4.69, 9.17) is 0 Å². The van der Waals surface area contributed by atoms with Crippen molar-refractivity contribution in [1.29, 1.82) is 0 Å². The van der Waals surface area contributed by atoms with E-state index in [1.165, 1.54) is 6.08 Å². The lowest BCUT2D eigenvalue weighted by Gasteiger charge is -2.09. The second-order valence-electron chi connectivity index (χ2n) is 3.27. The Balaban J connectivity index is 2.25. The van der Waals surface area contributed by atoms with Crippen LogP contribution in [-0.2, 0) is 9.53 Å². The molecule has 84 valence electrons. The average molecular weight is 212 g/mol. The van der Waals surface area contributed by atoms with Gasteiger partial charge >= 0.3 is 6.09 Å². The SMILES string of the molecule is CCOC(=O)NC(=O)/C=C/N1CCCC1. The van der Waals surface area contributed by atoms with Crippen LogP contribution in [0.3, 0.4) is 0 Å². The lowest BCUT2D eigenvalue weighted by atomic mass is 10.4. The van der Waals surface area contributed by atoms with Crippen LogP contribution in [0.15, 0.2) is 12.3 Å². The monoisotopic (exact) mass is 212 g/mol. The smallest absolute Gasteiger partial charge is 0.414 e. The van der Waals surface area contributed by atoms with Crippen molar-refractivity contribution < 1.29 is 14.3 Å². The fourth-order valence-electron chi connectivity index (χ4n) is 1.37.